The highest BCUT2D eigenvalue weighted by Crippen LogP contribution is 2.23. The van der Waals surface area contributed by atoms with Crippen LogP contribution >= 0.6 is 23.1 Å². The molecule has 6 heteroatoms. The van der Waals surface area contributed by atoms with Crippen molar-refractivity contribution >= 4 is 45.7 Å². The van der Waals surface area contributed by atoms with Crippen LogP contribution in [0.5, 0.6) is 0 Å². The molecule has 0 fully saturated rings. The second-order valence-electron chi connectivity index (χ2n) is 6.23. The first kappa shape index (κ1) is 19.5. The molecule has 0 aliphatic carbocycles. The number of hydrogen-bond acceptors (Lipinski definition) is 5. The van der Waals surface area contributed by atoms with Crippen molar-refractivity contribution in [2.45, 2.75) is 18.4 Å². The van der Waals surface area contributed by atoms with Crippen molar-refractivity contribution < 1.29 is 14.3 Å². The molecule has 0 spiro atoms. The summed E-state index contributed by atoms with van der Waals surface area (Å²) in [5.74, 6) is -0.409. The minimum atomic E-state index is -0.387. The monoisotopic (exact) mass is 399 g/mol. The van der Waals surface area contributed by atoms with E-state index in [0.717, 1.165) is 15.2 Å². The first-order valence-electron chi connectivity index (χ1n) is 8.57. The van der Waals surface area contributed by atoms with Gasteiger partial charge in [0, 0.05) is 16.8 Å². The fourth-order valence-corrected chi connectivity index (χ4v) is 4.26. The van der Waals surface area contributed by atoms with Crippen molar-refractivity contribution in [3.8, 4) is 0 Å². The average molecular weight is 400 g/mol. The Kier molecular flexibility index (Phi) is 6.53. The Labute approximate surface area is 167 Å². The molecule has 0 saturated heterocycles. The lowest BCUT2D eigenvalue weighted by molar-refractivity contribution is -0.149. The molecule has 27 heavy (non-hydrogen) atoms. The lowest BCUT2D eigenvalue weighted by Crippen LogP contribution is -2.31. The summed E-state index contributed by atoms with van der Waals surface area (Å²) in [6.07, 6.45) is 0. The van der Waals surface area contributed by atoms with E-state index < -0.39 is 0 Å². The number of hydrogen-bond donors (Lipinski definition) is 0. The van der Waals surface area contributed by atoms with Crippen molar-refractivity contribution in [1.82, 2.24) is 4.90 Å². The van der Waals surface area contributed by atoms with Crippen LogP contribution in [0, 0.1) is 6.92 Å². The lowest BCUT2D eigenvalue weighted by Gasteiger charge is -2.16. The molecule has 0 bridgehead atoms. The van der Waals surface area contributed by atoms with E-state index in [1.807, 2.05) is 48.7 Å². The highest BCUT2D eigenvalue weighted by molar-refractivity contribution is 8.00. The Morgan fingerprint density at radius 2 is 1.89 bits per heavy atom. The standard InChI is InChI=1S/C21H21NO3S2/c1-15-9-10-26-19(15)12-22(2)20(23)13-25-21(24)14-27-18-8-7-16-5-3-4-6-17(16)11-18/h3-11H,12-14H2,1-2H3. The van der Waals surface area contributed by atoms with Gasteiger partial charge in [-0.3, -0.25) is 9.59 Å². The molecule has 0 unspecified atom stereocenters. The summed E-state index contributed by atoms with van der Waals surface area (Å²) in [4.78, 5) is 27.8. The van der Waals surface area contributed by atoms with Crippen LogP contribution in [-0.4, -0.2) is 36.2 Å². The van der Waals surface area contributed by atoms with Gasteiger partial charge in [0.1, 0.15) is 0 Å². The fourth-order valence-electron chi connectivity index (χ4n) is 2.56. The van der Waals surface area contributed by atoms with Crippen molar-refractivity contribution in [3.63, 3.8) is 0 Å². The zero-order chi connectivity index (χ0) is 19.2. The van der Waals surface area contributed by atoms with Crippen LogP contribution in [-0.2, 0) is 20.9 Å². The van der Waals surface area contributed by atoms with Gasteiger partial charge in [-0.1, -0.05) is 30.3 Å². The first-order chi connectivity index (χ1) is 13.0. The molecule has 1 aromatic heterocycles. The van der Waals surface area contributed by atoms with Gasteiger partial charge in [-0.05, 0) is 46.8 Å². The Morgan fingerprint density at radius 1 is 1.11 bits per heavy atom. The molecule has 0 aliphatic rings. The molecule has 0 radical (unpaired) electrons. The first-order valence-corrected chi connectivity index (χ1v) is 10.4. The van der Waals surface area contributed by atoms with Gasteiger partial charge in [0.25, 0.3) is 5.91 Å². The molecule has 1 heterocycles. The number of thioether (sulfide) groups is 1. The zero-order valence-electron chi connectivity index (χ0n) is 15.3. The predicted molar refractivity (Wildman–Crippen MR) is 111 cm³/mol. The van der Waals surface area contributed by atoms with Gasteiger partial charge in [-0.15, -0.1) is 23.1 Å². The van der Waals surface area contributed by atoms with E-state index in [0.29, 0.717) is 6.54 Å². The maximum atomic E-state index is 12.2. The lowest BCUT2D eigenvalue weighted by atomic mass is 10.1. The van der Waals surface area contributed by atoms with E-state index >= 15 is 0 Å². The van der Waals surface area contributed by atoms with Crippen LogP contribution < -0.4 is 0 Å². The predicted octanol–water partition coefficient (Wildman–Crippen LogP) is 4.50. The van der Waals surface area contributed by atoms with Crippen molar-refractivity contribution in [1.29, 1.82) is 0 Å². The van der Waals surface area contributed by atoms with E-state index in [2.05, 4.69) is 12.1 Å². The van der Waals surface area contributed by atoms with E-state index in [9.17, 15) is 9.59 Å². The summed E-state index contributed by atoms with van der Waals surface area (Å²) in [7, 11) is 1.72. The number of rotatable bonds is 7. The van der Waals surface area contributed by atoms with Crippen LogP contribution in [0.15, 0.2) is 58.8 Å². The second kappa shape index (κ2) is 9.06. The Balaban J connectivity index is 1.44. The third-order valence-electron chi connectivity index (χ3n) is 4.21. The molecule has 4 nitrogen and oxygen atoms in total. The molecule has 0 atom stereocenters. The van der Waals surface area contributed by atoms with Crippen LogP contribution in [0.4, 0.5) is 0 Å². The Hall–Kier alpha value is -2.31. The summed E-state index contributed by atoms with van der Waals surface area (Å²) >= 11 is 3.03. The maximum Gasteiger partial charge on any atom is 0.316 e. The summed E-state index contributed by atoms with van der Waals surface area (Å²) in [5, 5.41) is 4.31. The van der Waals surface area contributed by atoms with Gasteiger partial charge >= 0.3 is 5.97 Å². The van der Waals surface area contributed by atoms with Gasteiger partial charge in [-0.2, -0.15) is 0 Å². The molecule has 0 N–H and O–H groups in total. The van der Waals surface area contributed by atoms with Crippen LogP contribution in [0.1, 0.15) is 10.4 Å². The average Bonchev–Trinajstić information content (AvgIpc) is 3.08. The molecule has 3 rings (SSSR count). The maximum absolute atomic E-state index is 12.2. The fraction of sp³-hybridized carbons (Fsp3) is 0.238. The number of benzene rings is 2. The summed E-state index contributed by atoms with van der Waals surface area (Å²) in [6, 6.07) is 16.2. The summed E-state index contributed by atoms with van der Waals surface area (Å²) < 4.78 is 5.14. The largest absolute Gasteiger partial charge is 0.455 e. The second-order valence-corrected chi connectivity index (χ2v) is 8.28. The number of carbonyl (C=O) groups is 2. The number of aryl methyl sites for hydroxylation is 1. The minimum absolute atomic E-state index is 0.180. The van der Waals surface area contributed by atoms with Gasteiger partial charge in [0.15, 0.2) is 6.61 Å². The third kappa shape index (κ3) is 5.34. The van der Waals surface area contributed by atoms with Crippen LogP contribution in [0.3, 0.4) is 0 Å². The molecule has 0 saturated carbocycles. The number of carbonyl (C=O) groups excluding carboxylic acids is 2. The number of nitrogens with zero attached hydrogens (tertiary/aromatic N) is 1. The number of amides is 1. The van der Waals surface area contributed by atoms with Gasteiger partial charge < -0.3 is 9.64 Å². The van der Waals surface area contributed by atoms with E-state index in [4.69, 9.17) is 4.74 Å². The number of likely N-dealkylation sites (N-methyl/N-ethyl adjacent to an activating group) is 1. The normalized spacial score (nSPS) is 10.7. The highest BCUT2D eigenvalue weighted by atomic mass is 32.2. The van der Waals surface area contributed by atoms with Crippen LogP contribution in [0.25, 0.3) is 10.8 Å². The van der Waals surface area contributed by atoms with Crippen molar-refractivity contribution in [2.75, 3.05) is 19.4 Å². The van der Waals surface area contributed by atoms with Crippen molar-refractivity contribution in [3.05, 3.63) is 64.4 Å². The quantitative estimate of drug-likeness (QED) is 0.433. The summed E-state index contributed by atoms with van der Waals surface area (Å²) in [5.41, 5.74) is 1.17. The SMILES string of the molecule is Cc1ccsc1CN(C)C(=O)COC(=O)CSc1ccc2ccccc2c1. The van der Waals surface area contributed by atoms with E-state index in [-0.39, 0.29) is 24.2 Å². The third-order valence-corrected chi connectivity index (χ3v) is 6.18. The number of ether oxygens (including phenoxy) is 1. The summed E-state index contributed by atoms with van der Waals surface area (Å²) in [6.45, 7) is 2.33. The van der Waals surface area contributed by atoms with Gasteiger partial charge in [-0.25, -0.2) is 0 Å². The molecule has 3 aromatic rings. The van der Waals surface area contributed by atoms with Gasteiger partial charge in [0.2, 0.25) is 0 Å². The number of esters is 1. The molecular formula is C21H21NO3S2. The van der Waals surface area contributed by atoms with Crippen molar-refractivity contribution in [2.24, 2.45) is 0 Å². The topological polar surface area (TPSA) is 46.6 Å². The smallest absolute Gasteiger partial charge is 0.316 e. The molecule has 140 valence electrons. The van der Waals surface area contributed by atoms with E-state index in [1.165, 1.54) is 22.7 Å². The van der Waals surface area contributed by atoms with Gasteiger partial charge in [0.05, 0.1) is 12.3 Å². The van der Waals surface area contributed by atoms with Crippen LogP contribution in [0.2, 0.25) is 0 Å². The van der Waals surface area contributed by atoms with E-state index in [1.54, 1.807) is 23.3 Å². The molecular weight excluding hydrogens is 378 g/mol. The molecule has 0 aliphatic heterocycles. The molecule has 2 aromatic carbocycles. The Morgan fingerprint density at radius 3 is 2.63 bits per heavy atom. The zero-order valence-corrected chi connectivity index (χ0v) is 16.9. The molecule has 1 amide bonds. The highest BCUT2D eigenvalue weighted by Gasteiger charge is 2.14. The number of thiophene rings is 1. The number of fused-ring (bicyclic) bond motifs is 1. The Bertz CT molecular complexity index is 951. The minimum Gasteiger partial charge on any atom is -0.455 e.